The number of benzene rings is 2. The van der Waals surface area contributed by atoms with Crippen LogP contribution in [0.4, 0.5) is 0 Å². The number of nitrogens with one attached hydrogen (secondary N) is 1. The van der Waals surface area contributed by atoms with Crippen LogP contribution in [0.5, 0.6) is 0 Å². The highest BCUT2D eigenvalue weighted by molar-refractivity contribution is 7.07. The van der Waals surface area contributed by atoms with Gasteiger partial charge in [-0.3, -0.25) is 18.8 Å². The predicted molar refractivity (Wildman–Crippen MR) is 175 cm³/mol. The standard InChI is InChI=1S/C33H30N8O2S/c1-20(27-18-44-19-36-27)38-30(31(34)35-4)32(42)39-21(2)28-16-24-11-9-10-23(14-15-25-17-37-40(5)22(25)3)29(24)33(43)41(28)26-12-7-6-8-13-26/h6-13,16-19,21H,4,34H2,1-3,5H3,(H,39,42)/b31-30-,38-20?/t21-/m1/s1. The zero-order chi connectivity index (χ0) is 31.4. The van der Waals surface area contributed by atoms with E-state index < -0.39 is 11.9 Å². The van der Waals surface area contributed by atoms with Crippen LogP contribution >= 0.6 is 11.3 Å². The Morgan fingerprint density at radius 2 is 1.89 bits per heavy atom. The molecule has 0 saturated carbocycles. The topological polar surface area (TPSA) is 133 Å². The fraction of sp³-hybridized carbons (Fsp3) is 0.152. The van der Waals surface area contributed by atoms with E-state index in [-0.39, 0.29) is 17.1 Å². The first-order valence-corrected chi connectivity index (χ1v) is 14.6. The fourth-order valence-corrected chi connectivity index (χ4v) is 5.25. The largest absolute Gasteiger partial charge is 0.382 e. The Morgan fingerprint density at radius 1 is 1.14 bits per heavy atom. The van der Waals surface area contributed by atoms with Gasteiger partial charge in [0.05, 0.1) is 45.8 Å². The Kier molecular flexibility index (Phi) is 8.64. The Hall–Kier alpha value is -5.60. The van der Waals surface area contributed by atoms with Crippen molar-refractivity contribution in [3.63, 3.8) is 0 Å². The number of aromatic nitrogens is 4. The highest BCUT2D eigenvalue weighted by atomic mass is 32.1. The lowest BCUT2D eigenvalue weighted by molar-refractivity contribution is -0.118. The number of carbonyl (C=O) groups excluding carboxylic acids is 1. The Morgan fingerprint density at radius 3 is 2.55 bits per heavy atom. The Labute approximate surface area is 258 Å². The quantitative estimate of drug-likeness (QED) is 0.162. The molecule has 3 aromatic heterocycles. The van der Waals surface area contributed by atoms with E-state index in [0.717, 1.165) is 11.3 Å². The number of rotatable bonds is 7. The van der Waals surface area contributed by atoms with Gasteiger partial charge in [0.25, 0.3) is 11.5 Å². The summed E-state index contributed by atoms with van der Waals surface area (Å²) in [4.78, 5) is 40.3. The normalized spacial score (nSPS) is 12.7. The molecule has 0 unspecified atom stereocenters. The fourth-order valence-electron chi connectivity index (χ4n) is 4.66. The lowest BCUT2D eigenvalue weighted by Crippen LogP contribution is -2.33. The van der Waals surface area contributed by atoms with Crippen molar-refractivity contribution in [1.82, 2.24) is 24.6 Å². The number of fused-ring (bicyclic) bond motifs is 1. The van der Waals surface area contributed by atoms with E-state index >= 15 is 0 Å². The maximum absolute atomic E-state index is 14.3. The molecule has 1 amide bonds. The summed E-state index contributed by atoms with van der Waals surface area (Å²) in [7, 11) is 1.86. The number of pyridine rings is 1. The minimum atomic E-state index is -0.644. The Balaban J connectivity index is 1.61. The summed E-state index contributed by atoms with van der Waals surface area (Å²) in [6.45, 7) is 8.92. The van der Waals surface area contributed by atoms with Crippen molar-refractivity contribution < 1.29 is 4.79 Å². The van der Waals surface area contributed by atoms with Crippen molar-refractivity contribution >= 4 is 40.4 Å². The molecule has 0 saturated heterocycles. The van der Waals surface area contributed by atoms with Crippen LogP contribution in [0.15, 0.2) is 98.0 Å². The van der Waals surface area contributed by atoms with Gasteiger partial charge in [-0.05, 0) is 57.1 Å². The molecule has 3 N–H and O–H groups in total. The second kappa shape index (κ2) is 12.7. The summed E-state index contributed by atoms with van der Waals surface area (Å²) in [5.74, 6) is 5.64. The van der Waals surface area contributed by atoms with Gasteiger partial charge >= 0.3 is 0 Å². The number of carbonyl (C=O) groups is 1. The Bertz CT molecular complexity index is 2060. The van der Waals surface area contributed by atoms with Crippen LogP contribution in [0.3, 0.4) is 0 Å². The van der Waals surface area contributed by atoms with Crippen molar-refractivity contribution in [2.75, 3.05) is 0 Å². The first-order valence-electron chi connectivity index (χ1n) is 13.7. The molecule has 0 aliphatic heterocycles. The van der Waals surface area contributed by atoms with Crippen molar-refractivity contribution in [2.45, 2.75) is 26.8 Å². The van der Waals surface area contributed by atoms with Crippen molar-refractivity contribution in [3.05, 3.63) is 122 Å². The van der Waals surface area contributed by atoms with Crippen molar-refractivity contribution in [2.24, 2.45) is 22.8 Å². The van der Waals surface area contributed by atoms with Gasteiger partial charge in [0.2, 0.25) is 0 Å². The van der Waals surface area contributed by atoms with Crippen LogP contribution in [0.1, 0.15) is 48.1 Å². The molecule has 0 spiro atoms. The summed E-state index contributed by atoms with van der Waals surface area (Å²) >= 11 is 1.41. The van der Waals surface area contributed by atoms with E-state index in [4.69, 9.17) is 5.73 Å². The number of aryl methyl sites for hydroxylation is 1. The number of para-hydroxylation sites is 1. The average Bonchev–Trinajstić information content (AvgIpc) is 3.68. The smallest absolute Gasteiger partial charge is 0.274 e. The van der Waals surface area contributed by atoms with Crippen LogP contribution in [0.2, 0.25) is 0 Å². The van der Waals surface area contributed by atoms with Crippen LogP contribution in [-0.4, -0.2) is 37.7 Å². The molecule has 5 rings (SSSR count). The summed E-state index contributed by atoms with van der Waals surface area (Å²) in [6, 6.07) is 16.0. The molecule has 2 aromatic carbocycles. The first kappa shape index (κ1) is 29.9. The molecule has 5 aromatic rings. The summed E-state index contributed by atoms with van der Waals surface area (Å²) in [5, 5.41) is 10.2. The van der Waals surface area contributed by atoms with E-state index in [1.165, 1.54) is 11.3 Å². The molecule has 0 radical (unpaired) electrons. The first-order chi connectivity index (χ1) is 21.2. The summed E-state index contributed by atoms with van der Waals surface area (Å²) in [6.07, 6.45) is 1.71. The second-order valence-corrected chi connectivity index (χ2v) is 10.7. The monoisotopic (exact) mass is 602 g/mol. The van der Waals surface area contributed by atoms with Gasteiger partial charge in [-0.1, -0.05) is 42.2 Å². The van der Waals surface area contributed by atoms with Gasteiger partial charge in [-0.15, -0.1) is 11.3 Å². The molecule has 0 bridgehead atoms. The zero-order valence-electron chi connectivity index (χ0n) is 24.7. The third kappa shape index (κ3) is 5.97. The van der Waals surface area contributed by atoms with E-state index in [1.807, 2.05) is 73.9 Å². The number of amides is 1. The van der Waals surface area contributed by atoms with Gasteiger partial charge < -0.3 is 11.1 Å². The zero-order valence-corrected chi connectivity index (χ0v) is 25.5. The molecule has 11 heteroatoms. The van der Waals surface area contributed by atoms with E-state index in [9.17, 15) is 9.59 Å². The van der Waals surface area contributed by atoms with Crippen molar-refractivity contribution in [1.29, 1.82) is 0 Å². The SMILES string of the molecule is C=N/C(N)=C(\N=C(C)c1cscn1)C(=O)N[C@H](C)c1cc2cccc(C#Cc3cnn(C)c3C)c2c(=O)n1-c1ccccc1. The van der Waals surface area contributed by atoms with Gasteiger partial charge in [-0.25, -0.2) is 15.0 Å². The maximum Gasteiger partial charge on any atom is 0.274 e. The molecule has 1 atom stereocenters. The molecule has 0 fully saturated rings. The number of hydrogen-bond acceptors (Lipinski definition) is 8. The molecule has 0 aliphatic carbocycles. The minimum absolute atomic E-state index is 0.102. The van der Waals surface area contributed by atoms with Gasteiger partial charge in [0.15, 0.2) is 11.5 Å². The number of nitrogens with zero attached hydrogens (tertiary/aromatic N) is 6. The van der Waals surface area contributed by atoms with Gasteiger partial charge in [0, 0.05) is 29.4 Å². The van der Waals surface area contributed by atoms with E-state index in [1.54, 1.807) is 34.8 Å². The molecule has 44 heavy (non-hydrogen) atoms. The van der Waals surface area contributed by atoms with Gasteiger partial charge in [0.1, 0.15) is 0 Å². The minimum Gasteiger partial charge on any atom is -0.382 e. The van der Waals surface area contributed by atoms with Crippen molar-refractivity contribution in [3.8, 4) is 17.5 Å². The number of nitrogens with two attached hydrogens (primary N) is 1. The number of hydrogen-bond donors (Lipinski definition) is 2. The van der Waals surface area contributed by atoms with Crippen LogP contribution in [0.25, 0.3) is 16.5 Å². The molecule has 0 aliphatic rings. The molecular formula is C33H30N8O2S. The second-order valence-electron chi connectivity index (χ2n) is 9.99. The van der Waals surface area contributed by atoms with E-state index in [2.05, 4.69) is 43.9 Å². The van der Waals surface area contributed by atoms with Crippen LogP contribution in [0, 0.1) is 18.8 Å². The highest BCUT2D eigenvalue weighted by Crippen LogP contribution is 2.24. The van der Waals surface area contributed by atoms with Crippen LogP contribution in [-0.2, 0) is 11.8 Å². The van der Waals surface area contributed by atoms with E-state index in [0.29, 0.717) is 39.1 Å². The average molecular weight is 603 g/mol. The number of thiazole rings is 1. The molecular weight excluding hydrogens is 572 g/mol. The van der Waals surface area contributed by atoms with Gasteiger partial charge in [-0.2, -0.15) is 5.10 Å². The van der Waals surface area contributed by atoms with Crippen LogP contribution < -0.4 is 16.6 Å². The lowest BCUT2D eigenvalue weighted by atomic mass is 10.0. The predicted octanol–water partition coefficient (Wildman–Crippen LogP) is 4.40. The highest BCUT2D eigenvalue weighted by Gasteiger charge is 2.22. The number of aliphatic imine (C=N–C) groups is 2. The summed E-state index contributed by atoms with van der Waals surface area (Å²) in [5.41, 5.74) is 12.0. The molecule has 10 nitrogen and oxygen atoms in total. The summed E-state index contributed by atoms with van der Waals surface area (Å²) < 4.78 is 3.35. The molecule has 220 valence electrons. The maximum atomic E-state index is 14.3. The molecule has 3 heterocycles. The third-order valence-corrected chi connectivity index (χ3v) is 7.74. The lowest BCUT2D eigenvalue weighted by Gasteiger charge is -2.21. The third-order valence-electron chi connectivity index (χ3n) is 7.16.